The lowest BCUT2D eigenvalue weighted by Crippen LogP contribution is -2.47. The lowest BCUT2D eigenvalue weighted by Gasteiger charge is -2.26. The van der Waals surface area contributed by atoms with Crippen LogP contribution in [0.15, 0.2) is 52.2 Å². The largest absolute Gasteiger partial charge is 0.469 e. The maximum absolute atomic E-state index is 12.8. The predicted molar refractivity (Wildman–Crippen MR) is 123 cm³/mol. The van der Waals surface area contributed by atoms with E-state index in [-0.39, 0.29) is 11.7 Å². The molecule has 1 aliphatic carbocycles. The Labute approximate surface area is 192 Å². The number of nitrogens with one attached hydrogen (secondary N) is 1. The summed E-state index contributed by atoms with van der Waals surface area (Å²) in [6.07, 6.45) is 7.25. The number of carbonyl (C=O) groups excluding carboxylic acids is 1. The van der Waals surface area contributed by atoms with Crippen LogP contribution < -0.4 is 5.32 Å². The van der Waals surface area contributed by atoms with Crippen molar-refractivity contribution < 1.29 is 9.21 Å². The second-order valence-corrected chi connectivity index (χ2v) is 9.16. The van der Waals surface area contributed by atoms with Gasteiger partial charge in [0.2, 0.25) is 5.91 Å². The molecule has 1 fully saturated rings. The van der Waals surface area contributed by atoms with Crippen LogP contribution in [0, 0.1) is 18.3 Å². The third kappa shape index (κ3) is 5.05. The van der Waals surface area contributed by atoms with Gasteiger partial charge in [0.25, 0.3) is 0 Å². The average Bonchev–Trinajstić information content (AvgIpc) is 3.32. The van der Waals surface area contributed by atoms with Crippen molar-refractivity contribution in [1.29, 1.82) is 5.26 Å². The second kappa shape index (κ2) is 10.0. The highest BCUT2D eigenvalue weighted by molar-refractivity contribution is 7.99. The third-order valence-corrected chi connectivity index (χ3v) is 6.85. The number of furan rings is 1. The van der Waals surface area contributed by atoms with Gasteiger partial charge in [-0.1, -0.05) is 67.8 Å². The van der Waals surface area contributed by atoms with Crippen molar-refractivity contribution in [3.63, 3.8) is 0 Å². The maximum Gasteiger partial charge on any atom is 0.231 e. The van der Waals surface area contributed by atoms with Gasteiger partial charge in [0.05, 0.1) is 30.2 Å². The molecule has 0 aliphatic heterocycles. The number of hydrogen-bond acceptors (Lipinski definition) is 6. The molecule has 7 nitrogen and oxygen atoms in total. The minimum Gasteiger partial charge on any atom is -0.469 e. The summed E-state index contributed by atoms with van der Waals surface area (Å²) in [6.45, 7) is 2.48. The molecule has 2 heterocycles. The number of amides is 1. The van der Waals surface area contributed by atoms with Gasteiger partial charge in [-0.3, -0.25) is 9.36 Å². The predicted octanol–water partition coefficient (Wildman–Crippen LogP) is 4.72. The number of carbonyl (C=O) groups is 1. The van der Waals surface area contributed by atoms with Crippen LogP contribution in [0.3, 0.4) is 0 Å². The molecule has 0 radical (unpaired) electrons. The number of hydrogen-bond donors (Lipinski definition) is 1. The van der Waals surface area contributed by atoms with Crippen LogP contribution in [0.5, 0.6) is 0 Å². The van der Waals surface area contributed by atoms with Crippen LogP contribution in [0.1, 0.15) is 49.8 Å². The molecule has 1 N–H and O–H groups in total. The molecule has 0 bridgehead atoms. The highest BCUT2D eigenvalue weighted by Gasteiger charge is 2.32. The molecule has 1 aromatic carbocycles. The summed E-state index contributed by atoms with van der Waals surface area (Å²) >= 11 is 1.34. The monoisotopic (exact) mass is 449 g/mol. The molecule has 166 valence electrons. The Kier molecular flexibility index (Phi) is 6.96. The molecule has 8 heteroatoms. The number of aromatic nitrogens is 3. The summed E-state index contributed by atoms with van der Waals surface area (Å²) in [5.41, 5.74) is 1.25. The van der Waals surface area contributed by atoms with Crippen LogP contribution in [-0.4, -0.2) is 32.0 Å². The van der Waals surface area contributed by atoms with Crippen molar-refractivity contribution >= 4 is 17.7 Å². The normalized spacial score (nSPS) is 15.6. The molecule has 0 spiro atoms. The number of nitrogens with zero attached hydrogens (tertiary/aromatic N) is 4. The Hall–Kier alpha value is -3.05. The Morgan fingerprint density at radius 1 is 1.19 bits per heavy atom. The van der Waals surface area contributed by atoms with Gasteiger partial charge in [-0.05, 0) is 31.4 Å². The summed E-state index contributed by atoms with van der Waals surface area (Å²) in [7, 11) is 0. The summed E-state index contributed by atoms with van der Waals surface area (Å²) < 4.78 is 7.48. The van der Waals surface area contributed by atoms with Crippen molar-refractivity contribution in [2.24, 2.45) is 0 Å². The van der Waals surface area contributed by atoms with E-state index in [0.29, 0.717) is 30.4 Å². The zero-order valence-corrected chi connectivity index (χ0v) is 19.0. The van der Waals surface area contributed by atoms with E-state index in [1.165, 1.54) is 11.8 Å². The smallest absolute Gasteiger partial charge is 0.231 e. The number of rotatable bonds is 7. The first-order valence-electron chi connectivity index (χ1n) is 11.0. The fraction of sp³-hybridized carbons (Fsp3) is 0.417. The first-order valence-corrected chi connectivity index (χ1v) is 12.0. The maximum atomic E-state index is 12.8. The van der Waals surface area contributed by atoms with Crippen LogP contribution in [0.4, 0.5) is 0 Å². The van der Waals surface area contributed by atoms with E-state index in [2.05, 4.69) is 33.7 Å². The molecular formula is C24H27N5O2S. The van der Waals surface area contributed by atoms with Crippen molar-refractivity contribution in [2.45, 2.75) is 62.7 Å². The fourth-order valence-electron chi connectivity index (χ4n) is 4.15. The lowest BCUT2D eigenvalue weighted by atomic mass is 9.92. The Bertz CT molecular complexity index is 1090. The van der Waals surface area contributed by atoms with E-state index in [4.69, 9.17) is 4.42 Å². The van der Waals surface area contributed by atoms with Gasteiger partial charge in [-0.2, -0.15) is 5.26 Å². The zero-order chi connectivity index (χ0) is 22.4. The minimum absolute atomic E-state index is 0.145. The summed E-state index contributed by atoms with van der Waals surface area (Å²) in [6, 6.07) is 14.3. The van der Waals surface area contributed by atoms with Gasteiger partial charge < -0.3 is 9.73 Å². The highest BCUT2D eigenvalue weighted by Crippen LogP contribution is 2.29. The Morgan fingerprint density at radius 2 is 1.94 bits per heavy atom. The zero-order valence-electron chi connectivity index (χ0n) is 18.2. The lowest BCUT2D eigenvalue weighted by molar-refractivity contribution is -0.120. The van der Waals surface area contributed by atoms with Gasteiger partial charge in [0.1, 0.15) is 11.3 Å². The average molecular weight is 450 g/mol. The molecule has 0 atom stereocenters. The van der Waals surface area contributed by atoms with E-state index >= 15 is 0 Å². The molecule has 1 saturated carbocycles. The van der Waals surface area contributed by atoms with Crippen molar-refractivity contribution in [3.05, 3.63) is 54.0 Å². The quantitative estimate of drug-likeness (QED) is 0.414. The third-order valence-electron chi connectivity index (χ3n) is 5.88. The Morgan fingerprint density at radius 3 is 2.59 bits per heavy atom. The fourth-order valence-corrected chi connectivity index (χ4v) is 4.89. The summed E-state index contributed by atoms with van der Waals surface area (Å²) in [5, 5.41) is 22.2. The van der Waals surface area contributed by atoms with Gasteiger partial charge in [0.15, 0.2) is 11.0 Å². The number of aryl methyl sites for hydroxylation is 1. The number of nitriles is 1. The first-order chi connectivity index (χ1) is 15.6. The molecule has 1 amide bonds. The van der Waals surface area contributed by atoms with E-state index < -0.39 is 5.54 Å². The topological polar surface area (TPSA) is 96.7 Å². The van der Waals surface area contributed by atoms with Crippen molar-refractivity contribution in [2.75, 3.05) is 5.75 Å². The molecule has 4 rings (SSSR count). The Balaban J connectivity index is 1.52. The van der Waals surface area contributed by atoms with Gasteiger partial charge >= 0.3 is 0 Å². The molecular weight excluding hydrogens is 422 g/mol. The van der Waals surface area contributed by atoms with Crippen LogP contribution in [0.2, 0.25) is 0 Å². The van der Waals surface area contributed by atoms with Crippen LogP contribution in [-0.2, 0) is 11.3 Å². The molecule has 0 saturated heterocycles. The highest BCUT2D eigenvalue weighted by atomic mass is 32.2. The van der Waals surface area contributed by atoms with Gasteiger partial charge in [-0.25, -0.2) is 0 Å². The van der Waals surface area contributed by atoms with E-state index in [1.807, 2.05) is 35.8 Å². The van der Waals surface area contributed by atoms with Crippen LogP contribution >= 0.6 is 11.8 Å². The van der Waals surface area contributed by atoms with Gasteiger partial charge in [0, 0.05) is 0 Å². The van der Waals surface area contributed by atoms with E-state index in [9.17, 15) is 10.1 Å². The standard InChI is InChI=1S/C24H27N5O2S/c1-18-20(11-14-31-18)22-27-28-23(29(22)15-19-9-5-4-6-10-19)32-16-21(30)26-24(17-25)12-7-2-3-8-13-24/h4-6,9-11,14H,2-3,7-8,12-13,15-16H2,1H3,(H,26,30). The molecule has 3 aromatic rings. The number of benzene rings is 1. The summed E-state index contributed by atoms with van der Waals surface area (Å²) in [5.74, 6) is 1.51. The number of thioether (sulfide) groups is 1. The molecule has 0 unspecified atom stereocenters. The molecule has 1 aliphatic rings. The molecule has 2 aromatic heterocycles. The van der Waals surface area contributed by atoms with E-state index in [0.717, 1.165) is 42.6 Å². The minimum atomic E-state index is -0.745. The summed E-state index contributed by atoms with van der Waals surface area (Å²) in [4.78, 5) is 12.8. The van der Waals surface area contributed by atoms with Crippen molar-refractivity contribution in [3.8, 4) is 17.5 Å². The van der Waals surface area contributed by atoms with Crippen LogP contribution in [0.25, 0.3) is 11.4 Å². The van der Waals surface area contributed by atoms with Gasteiger partial charge in [-0.15, -0.1) is 10.2 Å². The van der Waals surface area contributed by atoms with Crippen molar-refractivity contribution in [1.82, 2.24) is 20.1 Å². The van der Waals surface area contributed by atoms with E-state index in [1.54, 1.807) is 6.26 Å². The first kappa shape index (κ1) is 22.2. The second-order valence-electron chi connectivity index (χ2n) is 8.21. The molecule has 32 heavy (non-hydrogen) atoms. The SMILES string of the molecule is Cc1occc1-c1nnc(SCC(=O)NC2(C#N)CCCCCC2)n1Cc1ccccc1.